The molecule has 0 bridgehead atoms. The zero-order chi connectivity index (χ0) is 13.0. The quantitative estimate of drug-likeness (QED) is 0.891. The van der Waals surface area contributed by atoms with Gasteiger partial charge in [0.05, 0.1) is 12.5 Å². The Morgan fingerprint density at radius 2 is 2.17 bits per heavy atom. The van der Waals surface area contributed by atoms with Gasteiger partial charge in [-0.05, 0) is 37.5 Å². The highest BCUT2D eigenvalue weighted by Crippen LogP contribution is 2.21. The van der Waals surface area contributed by atoms with E-state index in [1.54, 1.807) is 19.1 Å². The van der Waals surface area contributed by atoms with E-state index in [0.717, 1.165) is 30.8 Å². The average molecular weight is 250 g/mol. The van der Waals surface area contributed by atoms with Crippen LogP contribution in [0.25, 0.3) is 0 Å². The fraction of sp³-hybridized carbons (Fsp3) is 0.500. The highest BCUT2D eigenvalue weighted by molar-refractivity contribution is 5.75. The summed E-state index contributed by atoms with van der Waals surface area (Å²) in [5.74, 6) is -0.534. The Balaban J connectivity index is 1.96. The number of carboxylic acids is 1. The number of ether oxygens (including phenoxy) is 2. The summed E-state index contributed by atoms with van der Waals surface area (Å²) in [6.07, 6.45) is 2.15. The number of hydrogen-bond acceptors (Lipinski definition) is 3. The largest absolute Gasteiger partial charge is 0.488 e. The summed E-state index contributed by atoms with van der Waals surface area (Å²) in [6.45, 7) is 3.12. The summed E-state index contributed by atoms with van der Waals surface area (Å²) in [7, 11) is 0. The molecule has 0 saturated carbocycles. The van der Waals surface area contributed by atoms with Crippen LogP contribution in [0.4, 0.5) is 0 Å². The van der Waals surface area contributed by atoms with Crippen molar-refractivity contribution >= 4 is 5.97 Å². The van der Waals surface area contributed by atoms with Crippen molar-refractivity contribution in [3.63, 3.8) is 0 Å². The maximum Gasteiger partial charge on any atom is 0.310 e. The van der Waals surface area contributed by atoms with Gasteiger partial charge >= 0.3 is 5.97 Å². The van der Waals surface area contributed by atoms with Gasteiger partial charge in [0.2, 0.25) is 0 Å². The normalized spacial score (nSPS) is 21.3. The Hall–Kier alpha value is -1.55. The third-order valence-electron chi connectivity index (χ3n) is 3.17. The third kappa shape index (κ3) is 3.23. The number of hydrogen-bond donors (Lipinski definition) is 1. The van der Waals surface area contributed by atoms with Gasteiger partial charge in [-0.3, -0.25) is 4.79 Å². The predicted octanol–water partition coefficient (Wildman–Crippen LogP) is 2.43. The summed E-state index contributed by atoms with van der Waals surface area (Å²) >= 11 is 0. The molecule has 1 heterocycles. The van der Waals surface area contributed by atoms with Gasteiger partial charge in [-0.2, -0.15) is 0 Å². The van der Waals surface area contributed by atoms with Crippen LogP contribution in [0.1, 0.15) is 31.2 Å². The van der Waals surface area contributed by atoms with Crippen LogP contribution in [0.3, 0.4) is 0 Å². The molecule has 1 aromatic carbocycles. The van der Waals surface area contributed by atoms with E-state index >= 15 is 0 Å². The van der Waals surface area contributed by atoms with Crippen LogP contribution in [0, 0.1) is 0 Å². The van der Waals surface area contributed by atoms with Gasteiger partial charge in [0.25, 0.3) is 0 Å². The minimum atomic E-state index is -0.815. The summed E-state index contributed by atoms with van der Waals surface area (Å²) in [4.78, 5) is 10.9. The second-order valence-electron chi connectivity index (χ2n) is 4.59. The Kier molecular flexibility index (Phi) is 4.20. The number of carboxylic acid groups (broad SMARTS) is 1. The molecule has 1 fully saturated rings. The van der Waals surface area contributed by atoms with Gasteiger partial charge in [-0.1, -0.05) is 12.1 Å². The van der Waals surface area contributed by atoms with Gasteiger partial charge in [0, 0.05) is 6.61 Å². The molecule has 18 heavy (non-hydrogen) atoms. The lowest BCUT2D eigenvalue weighted by atomic mass is 10.0. The second kappa shape index (κ2) is 5.87. The lowest BCUT2D eigenvalue weighted by Crippen LogP contribution is -2.27. The van der Waals surface area contributed by atoms with E-state index in [4.69, 9.17) is 14.6 Å². The van der Waals surface area contributed by atoms with E-state index in [1.165, 1.54) is 0 Å². The molecule has 2 rings (SSSR count). The van der Waals surface area contributed by atoms with E-state index in [0.29, 0.717) is 6.61 Å². The number of aliphatic carboxylic acids is 1. The van der Waals surface area contributed by atoms with Crippen LogP contribution in [0.2, 0.25) is 0 Å². The van der Waals surface area contributed by atoms with Crippen molar-refractivity contribution in [2.45, 2.75) is 31.8 Å². The average Bonchev–Trinajstić information content (AvgIpc) is 2.40. The van der Waals surface area contributed by atoms with Crippen LogP contribution in [0.5, 0.6) is 5.75 Å². The Labute approximate surface area is 107 Å². The first-order valence-corrected chi connectivity index (χ1v) is 6.24. The van der Waals surface area contributed by atoms with Crippen molar-refractivity contribution < 1.29 is 19.4 Å². The molecule has 2 atom stereocenters. The van der Waals surface area contributed by atoms with Crippen molar-refractivity contribution in [3.05, 3.63) is 29.8 Å². The molecule has 1 saturated heterocycles. The van der Waals surface area contributed by atoms with E-state index in [2.05, 4.69) is 0 Å². The molecular formula is C14H18O4. The van der Waals surface area contributed by atoms with Crippen molar-refractivity contribution in [3.8, 4) is 5.75 Å². The molecule has 0 aliphatic carbocycles. The van der Waals surface area contributed by atoms with Crippen molar-refractivity contribution in [2.24, 2.45) is 0 Å². The first-order chi connectivity index (χ1) is 8.66. The summed E-state index contributed by atoms with van der Waals surface area (Å²) < 4.78 is 11.1. The second-order valence-corrected chi connectivity index (χ2v) is 4.59. The molecule has 4 nitrogen and oxygen atoms in total. The van der Waals surface area contributed by atoms with Crippen molar-refractivity contribution in [2.75, 3.05) is 13.2 Å². The zero-order valence-corrected chi connectivity index (χ0v) is 10.5. The number of rotatable bonds is 4. The molecule has 1 aliphatic heterocycles. The molecule has 4 heteroatoms. The summed E-state index contributed by atoms with van der Waals surface area (Å²) in [5, 5.41) is 8.92. The van der Waals surface area contributed by atoms with Crippen LogP contribution >= 0.6 is 0 Å². The van der Waals surface area contributed by atoms with Gasteiger partial charge in [-0.15, -0.1) is 0 Å². The zero-order valence-electron chi connectivity index (χ0n) is 10.5. The topological polar surface area (TPSA) is 55.8 Å². The molecule has 1 N–H and O–H groups in total. The number of benzene rings is 1. The van der Waals surface area contributed by atoms with E-state index < -0.39 is 11.9 Å². The first kappa shape index (κ1) is 12.9. The minimum Gasteiger partial charge on any atom is -0.488 e. The van der Waals surface area contributed by atoms with Gasteiger partial charge < -0.3 is 14.6 Å². The third-order valence-corrected chi connectivity index (χ3v) is 3.17. The van der Waals surface area contributed by atoms with Crippen LogP contribution in [-0.2, 0) is 9.53 Å². The molecule has 0 radical (unpaired) electrons. The van der Waals surface area contributed by atoms with Crippen LogP contribution in [0.15, 0.2) is 24.3 Å². The monoisotopic (exact) mass is 250 g/mol. The van der Waals surface area contributed by atoms with Crippen molar-refractivity contribution in [1.29, 1.82) is 0 Å². The number of carbonyl (C=O) groups is 1. The van der Waals surface area contributed by atoms with Gasteiger partial charge in [-0.25, -0.2) is 0 Å². The SMILES string of the molecule is CC(C(=O)O)c1ccc(OC2CCCOC2)cc1. The molecule has 1 aromatic rings. The first-order valence-electron chi connectivity index (χ1n) is 6.24. The van der Waals surface area contributed by atoms with E-state index in [9.17, 15) is 4.79 Å². The van der Waals surface area contributed by atoms with Gasteiger partial charge in [0.1, 0.15) is 11.9 Å². The fourth-order valence-corrected chi connectivity index (χ4v) is 1.97. The minimum absolute atomic E-state index is 0.112. The van der Waals surface area contributed by atoms with Crippen LogP contribution in [-0.4, -0.2) is 30.4 Å². The highest BCUT2D eigenvalue weighted by atomic mass is 16.5. The van der Waals surface area contributed by atoms with E-state index in [-0.39, 0.29) is 6.10 Å². The maximum absolute atomic E-state index is 10.9. The van der Waals surface area contributed by atoms with Gasteiger partial charge in [0.15, 0.2) is 0 Å². The standard InChI is InChI=1S/C14H18O4/c1-10(14(15)16)11-4-6-12(7-5-11)18-13-3-2-8-17-9-13/h4-7,10,13H,2-3,8-9H2,1H3,(H,15,16). The summed E-state index contributed by atoms with van der Waals surface area (Å²) in [5.41, 5.74) is 0.787. The maximum atomic E-state index is 10.9. The molecule has 1 aliphatic rings. The lowest BCUT2D eigenvalue weighted by molar-refractivity contribution is -0.138. The van der Waals surface area contributed by atoms with Crippen LogP contribution < -0.4 is 4.74 Å². The Morgan fingerprint density at radius 1 is 1.44 bits per heavy atom. The Morgan fingerprint density at radius 3 is 2.72 bits per heavy atom. The van der Waals surface area contributed by atoms with E-state index in [1.807, 2.05) is 12.1 Å². The highest BCUT2D eigenvalue weighted by Gasteiger charge is 2.16. The molecule has 0 amide bonds. The molecular weight excluding hydrogens is 232 g/mol. The molecule has 98 valence electrons. The molecule has 0 aromatic heterocycles. The molecule has 0 spiro atoms. The lowest BCUT2D eigenvalue weighted by Gasteiger charge is -2.23. The smallest absolute Gasteiger partial charge is 0.310 e. The Bertz CT molecular complexity index is 393. The predicted molar refractivity (Wildman–Crippen MR) is 67.0 cm³/mol. The summed E-state index contributed by atoms with van der Waals surface area (Å²) in [6, 6.07) is 7.25. The van der Waals surface area contributed by atoms with Crippen molar-refractivity contribution in [1.82, 2.24) is 0 Å². The molecule has 2 unspecified atom stereocenters. The fourth-order valence-electron chi connectivity index (χ4n) is 1.97.